The van der Waals surface area contributed by atoms with E-state index in [2.05, 4.69) is 0 Å². The average Bonchev–Trinajstić information content (AvgIpc) is 2.40. The Balaban J connectivity index is 0.000000771. The molecular formula is C14H17ClN2S. The minimum absolute atomic E-state index is 0.138. The molecule has 0 saturated heterocycles. The molecule has 0 heterocycles. The minimum Gasteiger partial charge on any atom is -0.379 e. The van der Waals surface area contributed by atoms with Crippen molar-refractivity contribution in [1.82, 2.24) is 0 Å². The average molecular weight is 281 g/mol. The molecule has 3 N–H and O–H groups in total. The fourth-order valence-corrected chi connectivity index (χ4v) is 2.40. The largest absolute Gasteiger partial charge is 0.379 e. The zero-order valence-electron chi connectivity index (χ0n) is 10.5. The van der Waals surface area contributed by atoms with Crippen LogP contribution in [0.15, 0.2) is 36.4 Å². The molecule has 18 heavy (non-hydrogen) atoms. The van der Waals surface area contributed by atoms with Crippen molar-refractivity contribution in [3.05, 3.63) is 47.0 Å². The van der Waals surface area contributed by atoms with E-state index in [0.29, 0.717) is 5.75 Å². The topological polar surface area (TPSA) is 49.9 Å². The SMILES string of the molecule is CC.N=C(N)SCc1ccc(Cl)c2ccccc12. The van der Waals surface area contributed by atoms with E-state index >= 15 is 0 Å². The van der Waals surface area contributed by atoms with Crippen LogP contribution in [0.4, 0.5) is 0 Å². The summed E-state index contributed by atoms with van der Waals surface area (Å²) >= 11 is 7.44. The number of benzene rings is 2. The Kier molecular flexibility index (Phi) is 6.02. The van der Waals surface area contributed by atoms with Crippen LogP contribution in [-0.2, 0) is 5.75 Å². The molecule has 0 fully saturated rings. The van der Waals surface area contributed by atoms with Gasteiger partial charge in [-0.05, 0) is 17.0 Å². The zero-order chi connectivity index (χ0) is 13.5. The number of amidine groups is 1. The van der Waals surface area contributed by atoms with Crippen molar-refractivity contribution in [2.75, 3.05) is 0 Å². The summed E-state index contributed by atoms with van der Waals surface area (Å²) in [5.41, 5.74) is 6.49. The molecule has 0 saturated carbocycles. The number of nitrogens with one attached hydrogen (secondary N) is 1. The van der Waals surface area contributed by atoms with E-state index in [1.807, 2.05) is 50.2 Å². The van der Waals surface area contributed by atoms with Crippen molar-refractivity contribution in [3.63, 3.8) is 0 Å². The Bertz CT molecular complexity index is 540. The Morgan fingerprint density at radius 3 is 2.39 bits per heavy atom. The molecule has 2 rings (SSSR count). The number of hydrogen-bond acceptors (Lipinski definition) is 2. The van der Waals surface area contributed by atoms with Gasteiger partial charge >= 0.3 is 0 Å². The molecule has 2 aromatic rings. The second-order valence-corrected chi connectivity index (χ2v) is 4.83. The van der Waals surface area contributed by atoms with Crippen LogP contribution in [0.1, 0.15) is 19.4 Å². The zero-order valence-corrected chi connectivity index (χ0v) is 12.1. The maximum absolute atomic E-state index is 7.21. The second kappa shape index (κ2) is 7.29. The lowest BCUT2D eigenvalue weighted by Crippen LogP contribution is -2.03. The minimum atomic E-state index is 0.138. The first kappa shape index (κ1) is 14.9. The van der Waals surface area contributed by atoms with E-state index in [-0.39, 0.29) is 5.17 Å². The molecule has 4 heteroatoms. The lowest BCUT2D eigenvalue weighted by Gasteiger charge is -2.07. The third-order valence-electron chi connectivity index (χ3n) is 2.34. The van der Waals surface area contributed by atoms with E-state index in [0.717, 1.165) is 21.4 Å². The summed E-state index contributed by atoms with van der Waals surface area (Å²) in [7, 11) is 0. The second-order valence-electron chi connectivity index (χ2n) is 3.41. The van der Waals surface area contributed by atoms with Gasteiger partial charge in [-0.25, -0.2) is 0 Å². The Morgan fingerprint density at radius 1 is 1.17 bits per heavy atom. The Labute approximate surface area is 117 Å². The molecule has 0 radical (unpaired) electrons. The molecular weight excluding hydrogens is 264 g/mol. The molecule has 0 aliphatic rings. The summed E-state index contributed by atoms with van der Waals surface area (Å²) in [5, 5.41) is 10.3. The first-order valence-electron chi connectivity index (χ1n) is 5.81. The van der Waals surface area contributed by atoms with Gasteiger partial charge < -0.3 is 5.73 Å². The van der Waals surface area contributed by atoms with Crippen LogP contribution in [0.2, 0.25) is 5.02 Å². The highest BCUT2D eigenvalue weighted by molar-refractivity contribution is 8.13. The van der Waals surface area contributed by atoms with Crippen molar-refractivity contribution in [2.45, 2.75) is 19.6 Å². The van der Waals surface area contributed by atoms with Gasteiger partial charge in [0, 0.05) is 16.2 Å². The van der Waals surface area contributed by atoms with Crippen LogP contribution in [0.3, 0.4) is 0 Å². The highest BCUT2D eigenvalue weighted by Gasteiger charge is 2.04. The lowest BCUT2D eigenvalue weighted by molar-refractivity contribution is 1.46. The fraction of sp³-hybridized carbons (Fsp3) is 0.214. The summed E-state index contributed by atoms with van der Waals surface area (Å²) in [4.78, 5) is 0. The van der Waals surface area contributed by atoms with Gasteiger partial charge in [-0.1, -0.05) is 67.5 Å². The predicted molar refractivity (Wildman–Crippen MR) is 83.5 cm³/mol. The van der Waals surface area contributed by atoms with E-state index in [1.165, 1.54) is 11.8 Å². The number of rotatable bonds is 2. The third kappa shape index (κ3) is 3.65. The summed E-state index contributed by atoms with van der Waals surface area (Å²) in [5.74, 6) is 0.701. The molecule has 0 aromatic heterocycles. The standard InChI is InChI=1S/C12H11ClN2S.C2H6/c13-11-6-5-8(7-16-12(14)15)9-3-1-2-4-10(9)11;1-2/h1-6H,7H2,(H3,14,15);1-2H3. The van der Waals surface area contributed by atoms with Crippen LogP contribution in [0.25, 0.3) is 10.8 Å². The van der Waals surface area contributed by atoms with Crippen molar-refractivity contribution >= 4 is 39.3 Å². The van der Waals surface area contributed by atoms with Crippen molar-refractivity contribution in [3.8, 4) is 0 Å². The molecule has 0 atom stereocenters. The predicted octanol–water partition coefficient (Wildman–Crippen LogP) is 4.65. The summed E-state index contributed by atoms with van der Waals surface area (Å²) in [6.07, 6.45) is 0. The molecule has 0 aliphatic heterocycles. The number of thioether (sulfide) groups is 1. The van der Waals surface area contributed by atoms with Gasteiger partial charge in [0.25, 0.3) is 0 Å². The normalized spacial score (nSPS) is 9.72. The Morgan fingerprint density at radius 2 is 1.78 bits per heavy atom. The van der Waals surface area contributed by atoms with Gasteiger partial charge in [0.2, 0.25) is 0 Å². The van der Waals surface area contributed by atoms with Gasteiger partial charge in [-0.3, -0.25) is 5.41 Å². The van der Waals surface area contributed by atoms with Crippen molar-refractivity contribution < 1.29 is 0 Å². The monoisotopic (exact) mass is 280 g/mol. The highest BCUT2D eigenvalue weighted by atomic mass is 35.5. The van der Waals surface area contributed by atoms with Crippen molar-refractivity contribution in [1.29, 1.82) is 5.41 Å². The van der Waals surface area contributed by atoms with Gasteiger partial charge in [0.15, 0.2) is 5.17 Å². The van der Waals surface area contributed by atoms with Gasteiger partial charge in [-0.2, -0.15) is 0 Å². The van der Waals surface area contributed by atoms with Gasteiger partial charge in [-0.15, -0.1) is 0 Å². The summed E-state index contributed by atoms with van der Waals surface area (Å²) in [6.45, 7) is 4.00. The molecule has 2 aromatic carbocycles. The van der Waals surface area contributed by atoms with Crippen LogP contribution < -0.4 is 5.73 Å². The number of nitrogens with two attached hydrogens (primary N) is 1. The number of hydrogen-bond donors (Lipinski definition) is 2. The molecule has 96 valence electrons. The highest BCUT2D eigenvalue weighted by Crippen LogP contribution is 2.28. The third-order valence-corrected chi connectivity index (χ3v) is 3.44. The maximum Gasteiger partial charge on any atom is 0.151 e. The first-order valence-corrected chi connectivity index (χ1v) is 7.18. The summed E-state index contributed by atoms with van der Waals surface area (Å²) < 4.78 is 0. The number of fused-ring (bicyclic) bond motifs is 1. The lowest BCUT2D eigenvalue weighted by atomic mass is 10.1. The molecule has 0 spiro atoms. The van der Waals surface area contributed by atoms with Crippen LogP contribution in [0, 0.1) is 5.41 Å². The molecule has 0 aliphatic carbocycles. The quantitative estimate of drug-likeness (QED) is 0.622. The first-order chi connectivity index (χ1) is 8.68. The van der Waals surface area contributed by atoms with E-state index in [9.17, 15) is 0 Å². The Hall–Kier alpha value is -1.19. The van der Waals surface area contributed by atoms with Gasteiger partial charge in [0.05, 0.1) is 0 Å². The van der Waals surface area contributed by atoms with Crippen LogP contribution in [-0.4, -0.2) is 5.17 Å². The number of halogens is 1. The molecule has 0 unspecified atom stereocenters. The smallest absolute Gasteiger partial charge is 0.151 e. The molecule has 0 bridgehead atoms. The van der Waals surface area contributed by atoms with Crippen LogP contribution in [0.5, 0.6) is 0 Å². The van der Waals surface area contributed by atoms with E-state index in [4.69, 9.17) is 22.7 Å². The van der Waals surface area contributed by atoms with E-state index < -0.39 is 0 Å². The van der Waals surface area contributed by atoms with Crippen LogP contribution >= 0.6 is 23.4 Å². The van der Waals surface area contributed by atoms with Crippen molar-refractivity contribution in [2.24, 2.45) is 5.73 Å². The molecule has 2 nitrogen and oxygen atoms in total. The summed E-state index contributed by atoms with van der Waals surface area (Å²) in [6, 6.07) is 11.9. The fourth-order valence-electron chi connectivity index (χ4n) is 1.61. The van der Waals surface area contributed by atoms with E-state index in [1.54, 1.807) is 0 Å². The van der Waals surface area contributed by atoms with Gasteiger partial charge in [0.1, 0.15) is 0 Å². The maximum atomic E-state index is 7.21. The molecule has 0 amide bonds.